The van der Waals surface area contributed by atoms with E-state index in [4.69, 9.17) is 4.74 Å². The molecule has 0 amide bonds. The molecule has 0 aromatic heterocycles. The van der Waals surface area contributed by atoms with Crippen molar-refractivity contribution in [2.45, 2.75) is 12.5 Å². The summed E-state index contributed by atoms with van der Waals surface area (Å²) >= 11 is 0. The average Bonchev–Trinajstić information content (AvgIpc) is 2.53. The van der Waals surface area contributed by atoms with Gasteiger partial charge in [0, 0.05) is 19.2 Å². The molecule has 102 valence electrons. The maximum Gasteiger partial charge on any atom is 0.121 e. The minimum atomic E-state index is 0.445. The molecular weight excluding hydrogens is 248 g/mol. The third-order valence-corrected chi connectivity index (χ3v) is 4.41. The Morgan fingerprint density at radius 3 is 3.00 bits per heavy atom. The monoisotopic (exact) mass is 266 g/mol. The summed E-state index contributed by atoms with van der Waals surface area (Å²) in [5.41, 5.74) is 5.43. The number of nitrogens with one attached hydrogen (secondary N) is 1. The highest BCUT2D eigenvalue weighted by molar-refractivity contribution is 5.75. The fraction of sp³-hybridized carbons (Fsp3) is 0.294. The lowest BCUT2D eigenvalue weighted by Crippen LogP contribution is -2.42. The molecule has 0 bridgehead atoms. The van der Waals surface area contributed by atoms with Gasteiger partial charge in [-0.2, -0.15) is 0 Å². The third kappa shape index (κ3) is 1.66. The number of nitrogens with zero attached hydrogens (tertiary/aromatic N) is 1. The predicted molar refractivity (Wildman–Crippen MR) is 81.7 cm³/mol. The van der Waals surface area contributed by atoms with E-state index in [2.05, 4.69) is 46.6 Å². The van der Waals surface area contributed by atoms with Crippen LogP contribution in [-0.4, -0.2) is 20.2 Å². The van der Waals surface area contributed by atoms with Gasteiger partial charge in [0.05, 0.1) is 24.5 Å². The largest absolute Gasteiger partial charge is 0.497 e. The second-order valence-corrected chi connectivity index (χ2v) is 5.42. The topological polar surface area (TPSA) is 24.5 Å². The number of methoxy groups -OCH3 is 1. The number of hydrogen-bond acceptors (Lipinski definition) is 3. The molecule has 0 fully saturated rings. The number of anilines is 2. The van der Waals surface area contributed by atoms with Gasteiger partial charge in [-0.1, -0.05) is 24.3 Å². The SMILES string of the molecule is COc1ccc2c(c1)NCC1c3ccccc3CCN21. The van der Waals surface area contributed by atoms with Crippen molar-refractivity contribution in [3.05, 3.63) is 53.6 Å². The summed E-state index contributed by atoms with van der Waals surface area (Å²) in [6, 6.07) is 15.6. The molecule has 4 rings (SSSR count). The van der Waals surface area contributed by atoms with E-state index < -0.39 is 0 Å². The number of rotatable bonds is 1. The van der Waals surface area contributed by atoms with Crippen molar-refractivity contribution in [3.63, 3.8) is 0 Å². The summed E-state index contributed by atoms with van der Waals surface area (Å²) in [5, 5.41) is 3.56. The lowest BCUT2D eigenvalue weighted by molar-refractivity contribution is 0.414. The third-order valence-electron chi connectivity index (χ3n) is 4.41. The summed E-state index contributed by atoms with van der Waals surface area (Å²) in [6.07, 6.45) is 1.12. The Morgan fingerprint density at radius 1 is 1.20 bits per heavy atom. The number of ether oxygens (including phenoxy) is 1. The Morgan fingerprint density at radius 2 is 2.10 bits per heavy atom. The van der Waals surface area contributed by atoms with Gasteiger partial charge in [-0.25, -0.2) is 0 Å². The van der Waals surface area contributed by atoms with E-state index in [0.717, 1.165) is 25.3 Å². The average molecular weight is 266 g/mol. The van der Waals surface area contributed by atoms with E-state index in [-0.39, 0.29) is 0 Å². The van der Waals surface area contributed by atoms with E-state index in [1.807, 2.05) is 6.07 Å². The van der Waals surface area contributed by atoms with Crippen LogP contribution in [-0.2, 0) is 6.42 Å². The first kappa shape index (κ1) is 11.6. The summed E-state index contributed by atoms with van der Waals surface area (Å²) in [4.78, 5) is 2.52. The maximum atomic E-state index is 5.31. The molecule has 1 unspecified atom stereocenters. The van der Waals surface area contributed by atoms with Crippen LogP contribution in [0.15, 0.2) is 42.5 Å². The highest BCUT2D eigenvalue weighted by Gasteiger charge is 2.31. The summed E-state index contributed by atoms with van der Waals surface area (Å²) in [7, 11) is 1.71. The molecule has 2 aliphatic rings. The zero-order chi connectivity index (χ0) is 13.5. The van der Waals surface area contributed by atoms with Gasteiger partial charge in [-0.15, -0.1) is 0 Å². The molecule has 0 radical (unpaired) electrons. The van der Waals surface area contributed by atoms with Gasteiger partial charge in [0.25, 0.3) is 0 Å². The first-order valence-corrected chi connectivity index (χ1v) is 7.13. The van der Waals surface area contributed by atoms with Crippen LogP contribution in [0.5, 0.6) is 5.75 Å². The van der Waals surface area contributed by atoms with Crippen molar-refractivity contribution >= 4 is 11.4 Å². The highest BCUT2D eigenvalue weighted by atomic mass is 16.5. The maximum absolute atomic E-state index is 5.31. The zero-order valence-electron chi connectivity index (χ0n) is 11.6. The van der Waals surface area contributed by atoms with Gasteiger partial charge in [-0.05, 0) is 29.7 Å². The van der Waals surface area contributed by atoms with Gasteiger partial charge >= 0.3 is 0 Å². The Kier molecular flexibility index (Phi) is 2.59. The smallest absolute Gasteiger partial charge is 0.121 e. The highest BCUT2D eigenvalue weighted by Crippen LogP contribution is 2.42. The molecule has 0 aliphatic carbocycles. The molecule has 2 aromatic rings. The normalized spacial score (nSPS) is 19.4. The van der Waals surface area contributed by atoms with Crippen LogP contribution in [0.1, 0.15) is 17.2 Å². The molecule has 1 atom stereocenters. The lowest BCUT2D eigenvalue weighted by atomic mass is 9.90. The van der Waals surface area contributed by atoms with Crippen molar-refractivity contribution in [2.75, 3.05) is 30.4 Å². The van der Waals surface area contributed by atoms with E-state index in [1.165, 1.54) is 22.5 Å². The molecular formula is C17H18N2O. The molecule has 0 saturated heterocycles. The summed E-state index contributed by atoms with van der Waals surface area (Å²) in [5.74, 6) is 0.909. The van der Waals surface area contributed by atoms with Crippen LogP contribution in [0.25, 0.3) is 0 Å². The van der Waals surface area contributed by atoms with Crippen LogP contribution >= 0.6 is 0 Å². The lowest BCUT2D eigenvalue weighted by Gasteiger charge is -2.43. The van der Waals surface area contributed by atoms with Crippen molar-refractivity contribution in [1.29, 1.82) is 0 Å². The molecule has 2 aliphatic heterocycles. The zero-order valence-corrected chi connectivity index (χ0v) is 11.6. The quantitative estimate of drug-likeness (QED) is 0.857. The molecule has 3 heteroatoms. The van der Waals surface area contributed by atoms with Crippen molar-refractivity contribution < 1.29 is 4.74 Å². The van der Waals surface area contributed by atoms with Crippen LogP contribution in [0, 0.1) is 0 Å². The number of hydrogen-bond donors (Lipinski definition) is 1. The van der Waals surface area contributed by atoms with Crippen molar-refractivity contribution in [3.8, 4) is 5.75 Å². The Labute approximate surface area is 119 Å². The number of benzene rings is 2. The van der Waals surface area contributed by atoms with E-state index in [9.17, 15) is 0 Å². The Hall–Kier alpha value is -2.16. The summed E-state index contributed by atoms with van der Waals surface area (Å²) in [6.45, 7) is 2.04. The second-order valence-electron chi connectivity index (χ2n) is 5.42. The van der Waals surface area contributed by atoms with Crippen molar-refractivity contribution in [1.82, 2.24) is 0 Å². The minimum absolute atomic E-state index is 0.445. The van der Waals surface area contributed by atoms with E-state index in [1.54, 1.807) is 7.11 Å². The van der Waals surface area contributed by atoms with Crippen LogP contribution in [0.4, 0.5) is 11.4 Å². The molecule has 0 saturated carbocycles. The van der Waals surface area contributed by atoms with Gasteiger partial charge in [0.1, 0.15) is 5.75 Å². The standard InChI is InChI=1S/C17H18N2O/c1-20-13-6-7-16-15(10-13)18-11-17-14-5-3-2-4-12(14)8-9-19(16)17/h2-7,10,17-18H,8-9,11H2,1H3. The molecule has 2 aromatic carbocycles. The molecule has 1 N–H and O–H groups in total. The fourth-order valence-electron chi connectivity index (χ4n) is 3.40. The fourth-order valence-corrected chi connectivity index (χ4v) is 3.40. The van der Waals surface area contributed by atoms with Crippen molar-refractivity contribution in [2.24, 2.45) is 0 Å². The predicted octanol–water partition coefficient (Wildman–Crippen LogP) is 3.22. The molecule has 2 heterocycles. The first-order chi connectivity index (χ1) is 9.86. The molecule has 0 spiro atoms. The van der Waals surface area contributed by atoms with Crippen LogP contribution in [0.2, 0.25) is 0 Å². The second kappa shape index (κ2) is 4.44. The first-order valence-electron chi connectivity index (χ1n) is 7.13. The van der Waals surface area contributed by atoms with E-state index in [0.29, 0.717) is 6.04 Å². The van der Waals surface area contributed by atoms with Crippen LogP contribution in [0.3, 0.4) is 0 Å². The van der Waals surface area contributed by atoms with Gasteiger partial charge in [0.2, 0.25) is 0 Å². The Balaban J connectivity index is 1.77. The van der Waals surface area contributed by atoms with Gasteiger partial charge in [0.15, 0.2) is 0 Å². The minimum Gasteiger partial charge on any atom is -0.497 e. The van der Waals surface area contributed by atoms with Gasteiger partial charge in [-0.3, -0.25) is 0 Å². The van der Waals surface area contributed by atoms with Crippen LogP contribution < -0.4 is 15.0 Å². The summed E-state index contributed by atoms with van der Waals surface area (Å²) < 4.78 is 5.31. The number of fused-ring (bicyclic) bond motifs is 5. The molecule has 3 nitrogen and oxygen atoms in total. The Bertz CT molecular complexity index is 653. The van der Waals surface area contributed by atoms with Gasteiger partial charge < -0.3 is 15.0 Å². The molecule has 20 heavy (non-hydrogen) atoms. The van der Waals surface area contributed by atoms with E-state index >= 15 is 0 Å².